The van der Waals surface area contributed by atoms with Crippen LogP contribution >= 0.6 is 0 Å². The average molecular weight is 251 g/mol. The Kier molecular flexibility index (Phi) is 5.58. The lowest BCUT2D eigenvalue weighted by atomic mass is 9.95. The van der Waals surface area contributed by atoms with Crippen molar-refractivity contribution in [3.63, 3.8) is 0 Å². The van der Waals surface area contributed by atoms with Crippen LogP contribution in [0, 0.1) is 5.92 Å². The topological polar surface area (TPSA) is 88.0 Å². The molecule has 1 rings (SSSR count). The maximum absolute atomic E-state index is 11.8. The van der Waals surface area contributed by atoms with Gasteiger partial charge in [-0.05, 0) is 5.92 Å². The van der Waals surface area contributed by atoms with Crippen LogP contribution in [0.4, 0.5) is 0 Å². The number of pyridine rings is 1. The summed E-state index contributed by atoms with van der Waals surface area (Å²) in [5.41, 5.74) is 5.83. The summed E-state index contributed by atoms with van der Waals surface area (Å²) in [4.78, 5) is 25.9. The summed E-state index contributed by atoms with van der Waals surface area (Å²) in [5.74, 6) is 0.0117. The van der Waals surface area contributed by atoms with E-state index in [2.05, 4.69) is 24.1 Å². The summed E-state index contributed by atoms with van der Waals surface area (Å²) in [6.45, 7) is 4.55. The quantitative estimate of drug-likeness (QED) is 0.701. The first-order chi connectivity index (χ1) is 8.60. The summed E-state index contributed by atoms with van der Waals surface area (Å²) in [7, 11) is 0. The van der Waals surface area contributed by atoms with Crippen LogP contribution in [0.3, 0.4) is 0 Å². The van der Waals surface area contributed by atoms with Crippen molar-refractivity contribution in [3.05, 3.63) is 34.2 Å². The standard InChI is InChI=1S/C13H21N3O2/c1-3-9(4-2)11(14)8-16-13(18)10-7-15-6-5-12(10)17/h5-7,9,11H,3-4,8,14H2,1-2H3,(H,15,17)(H,16,18). The maximum atomic E-state index is 11.8. The molecule has 1 aromatic heterocycles. The fourth-order valence-electron chi connectivity index (χ4n) is 1.96. The molecular formula is C13H21N3O2. The number of hydrogen-bond donors (Lipinski definition) is 3. The molecule has 5 heteroatoms. The lowest BCUT2D eigenvalue weighted by Crippen LogP contribution is -2.42. The molecular weight excluding hydrogens is 230 g/mol. The van der Waals surface area contributed by atoms with Crippen molar-refractivity contribution >= 4 is 5.91 Å². The Bertz CT molecular complexity index is 438. The molecule has 5 nitrogen and oxygen atoms in total. The van der Waals surface area contributed by atoms with E-state index in [0.717, 1.165) is 12.8 Å². The molecule has 0 fully saturated rings. The van der Waals surface area contributed by atoms with Crippen LogP contribution in [-0.2, 0) is 0 Å². The number of carbonyl (C=O) groups is 1. The molecule has 1 atom stereocenters. The largest absolute Gasteiger partial charge is 0.367 e. The van der Waals surface area contributed by atoms with Gasteiger partial charge in [0.2, 0.25) is 0 Å². The molecule has 0 saturated heterocycles. The summed E-state index contributed by atoms with van der Waals surface area (Å²) < 4.78 is 0. The molecule has 0 aromatic carbocycles. The molecule has 0 spiro atoms. The zero-order valence-electron chi connectivity index (χ0n) is 10.9. The van der Waals surface area contributed by atoms with E-state index in [1.54, 1.807) is 0 Å². The van der Waals surface area contributed by atoms with E-state index in [-0.39, 0.29) is 22.9 Å². The van der Waals surface area contributed by atoms with E-state index in [9.17, 15) is 9.59 Å². The van der Waals surface area contributed by atoms with E-state index in [1.807, 2.05) is 0 Å². The number of H-pyrrole nitrogens is 1. The zero-order valence-corrected chi connectivity index (χ0v) is 10.9. The number of rotatable bonds is 6. The zero-order chi connectivity index (χ0) is 13.5. The monoisotopic (exact) mass is 251 g/mol. The first-order valence-electron chi connectivity index (χ1n) is 6.31. The molecule has 1 unspecified atom stereocenters. The van der Waals surface area contributed by atoms with Gasteiger partial charge in [0, 0.05) is 31.0 Å². The molecule has 4 N–H and O–H groups in total. The van der Waals surface area contributed by atoms with Crippen molar-refractivity contribution in [2.24, 2.45) is 11.7 Å². The number of nitrogens with two attached hydrogens (primary N) is 1. The molecule has 1 heterocycles. The second-order valence-corrected chi connectivity index (χ2v) is 4.37. The summed E-state index contributed by atoms with van der Waals surface area (Å²) in [5, 5.41) is 2.70. The molecule has 0 radical (unpaired) electrons. The molecule has 18 heavy (non-hydrogen) atoms. The van der Waals surface area contributed by atoms with Crippen molar-refractivity contribution < 1.29 is 4.79 Å². The number of nitrogens with one attached hydrogen (secondary N) is 2. The molecule has 0 aliphatic carbocycles. The Labute approximate surface area is 107 Å². The molecule has 0 bridgehead atoms. The minimum Gasteiger partial charge on any atom is -0.367 e. The van der Waals surface area contributed by atoms with Gasteiger partial charge in [0.15, 0.2) is 5.43 Å². The summed E-state index contributed by atoms with van der Waals surface area (Å²) >= 11 is 0. The lowest BCUT2D eigenvalue weighted by molar-refractivity contribution is 0.0946. The molecule has 0 aliphatic rings. The Morgan fingerprint density at radius 2 is 2.11 bits per heavy atom. The second-order valence-electron chi connectivity index (χ2n) is 4.37. The van der Waals surface area contributed by atoms with Gasteiger partial charge in [-0.25, -0.2) is 0 Å². The van der Waals surface area contributed by atoms with Gasteiger partial charge in [0.05, 0.1) is 0 Å². The van der Waals surface area contributed by atoms with Gasteiger partial charge in [-0.15, -0.1) is 0 Å². The number of aromatic nitrogens is 1. The summed E-state index contributed by atoms with van der Waals surface area (Å²) in [6, 6.07) is 1.25. The number of carbonyl (C=O) groups excluding carboxylic acids is 1. The Hall–Kier alpha value is -1.62. The first-order valence-corrected chi connectivity index (χ1v) is 6.31. The minimum absolute atomic E-state index is 0.0771. The van der Waals surface area contributed by atoms with Gasteiger partial charge in [-0.3, -0.25) is 9.59 Å². The SMILES string of the molecule is CCC(CC)C(N)CNC(=O)c1c[nH]ccc1=O. The highest BCUT2D eigenvalue weighted by molar-refractivity contribution is 5.93. The Morgan fingerprint density at radius 3 is 2.67 bits per heavy atom. The Morgan fingerprint density at radius 1 is 1.44 bits per heavy atom. The van der Waals surface area contributed by atoms with Gasteiger partial charge in [0.1, 0.15) is 5.56 Å². The van der Waals surface area contributed by atoms with Gasteiger partial charge in [-0.1, -0.05) is 26.7 Å². The van der Waals surface area contributed by atoms with E-state index in [4.69, 9.17) is 5.73 Å². The third-order valence-electron chi connectivity index (χ3n) is 3.22. The maximum Gasteiger partial charge on any atom is 0.256 e. The molecule has 1 amide bonds. The van der Waals surface area contributed by atoms with Gasteiger partial charge >= 0.3 is 0 Å². The average Bonchev–Trinajstić information content (AvgIpc) is 2.38. The summed E-state index contributed by atoms with van der Waals surface area (Å²) in [6.07, 6.45) is 4.87. The third kappa shape index (κ3) is 3.70. The number of aromatic amines is 1. The van der Waals surface area contributed by atoms with Crippen LogP contribution in [0.5, 0.6) is 0 Å². The van der Waals surface area contributed by atoms with Gasteiger partial charge < -0.3 is 16.0 Å². The predicted octanol–water partition coefficient (Wildman–Crippen LogP) is 0.868. The van der Waals surface area contributed by atoms with Crippen LogP contribution in [0.15, 0.2) is 23.3 Å². The van der Waals surface area contributed by atoms with E-state index in [0.29, 0.717) is 12.5 Å². The first kappa shape index (κ1) is 14.4. The van der Waals surface area contributed by atoms with Gasteiger partial charge in [-0.2, -0.15) is 0 Å². The predicted molar refractivity (Wildman–Crippen MR) is 71.4 cm³/mol. The number of hydrogen-bond acceptors (Lipinski definition) is 3. The van der Waals surface area contributed by atoms with Crippen LogP contribution in [0.25, 0.3) is 0 Å². The highest BCUT2D eigenvalue weighted by Gasteiger charge is 2.16. The van der Waals surface area contributed by atoms with Crippen LogP contribution in [0.2, 0.25) is 0 Å². The molecule has 1 aromatic rings. The van der Waals surface area contributed by atoms with Crippen molar-refractivity contribution in [2.45, 2.75) is 32.7 Å². The van der Waals surface area contributed by atoms with Crippen LogP contribution in [0.1, 0.15) is 37.0 Å². The second kappa shape index (κ2) is 6.96. The Balaban J connectivity index is 2.57. The highest BCUT2D eigenvalue weighted by Crippen LogP contribution is 2.10. The minimum atomic E-state index is -0.377. The molecule has 0 saturated carbocycles. The van der Waals surface area contributed by atoms with Crippen molar-refractivity contribution in [1.29, 1.82) is 0 Å². The van der Waals surface area contributed by atoms with Crippen LogP contribution in [-0.4, -0.2) is 23.5 Å². The smallest absolute Gasteiger partial charge is 0.256 e. The van der Waals surface area contributed by atoms with Crippen molar-refractivity contribution in [2.75, 3.05) is 6.54 Å². The number of amides is 1. The van der Waals surface area contributed by atoms with E-state index < -0.39 is 0 Å². The van der Waals surface area contributed by atoms with E-state index >= 15 is 0 Å². The lowest BCUT2D eigenvalue weighted by Gasteiger charge is -2.21. The van der Waals surface area contributed by atoms with Crippen molar-refractivity contribution in [1.82, 2.24) is 10.3 Å². The van der Waals surface area contributed by atoms with Crippen LogP contribution < -0.4 is 16.5 Å². The fraction of sp³-hybridized carbons (Fsp3) is 0.538. The normalized spacial score (nSPS) is 12.4. The highest BCUT2D eigenvalue weighted by atomic mass is 16.2. The van der Waals surface area contributed by atoms with Gasteiger partial charge in [0.25, 0.3) is 5.91 Å². The fourth-order valence-corrected chi connectivity index (χ4v) is 1.96. The third-order valence-corrected chi connectivity index (χ3v) is 3.22. The van der Waals surface area contributed by atoms with Crippen molar-refractivity contribution in [3.8, 4) is 0 Å². The molecule has 0 aliphatic heterocycles. The molecule has 100 valence electrons. The van der Waals surface area contributed by atoms with E-state index in [1.165, 1.54) is 18.5 Å².